The van der Waals surface area contributed by atoms with Gasteiger partial charge in [-0.2, -0.15) is 0 Å². The lowest BCUT2D eigenvalue weighted by molar-refractivity contribution is -0.138. The summed E-state index contributed by atoms with van der Waals surface area (Å²) in [6.07, 6.45) is -0.0764. The van der Waals surface area contributed by atoms with Gasteiger partial charge in [0.25, 0.3) is 0 Å². The number of benzene rings is 2. The maximum Gasteiger partial charge on any atom is 0.347 e. The molecule has 1 atom stereocenters. The summed E-state index contributed by atoms with van der Waals surface area (Å²) >= 11 is 0. The third kappa shape index (κ3) is 2.97. The maximum absolute atomic E-state index is 12.6. The third-order valence-corrected chi connectivity index (χ3v) is 5.30. The van der Waals surface area contributed by atoms with Crippen LogP contribution in [0.25, 0.3) is 0 Å². The highest BCUT2D eigenvalue weighted by atomic mass is 31.2. The Balaban J connectivity index is 2.50. The Morgan fingerprint density at radius 1 is 1.05 bits per heavy atom. The van der Waals surface area contributed by atoms with Crippen LogP contribution in [0.5, 0.6) is 5.75 Å². The minimum Gasteiger partial charge on any atom is -0.425 e. The van der Waals surface area contributed by atoms with Crippen molar-refractivity contribution in [3.05, 3.63) is 66.2 Å². The largest absolute Gasteiger partial charge is 0.425 e. The van der Waals surface area contributed by atoms with Crippen molar-refractivity contribution >= 4 is 13.6 Å². The Hall–Kier alpha value is -1.94. The van der Waals surface area contributed by atoms with Gasteiger partial charge in [0.1, 0.15) is 5.75 Å². The first-order chi connectivity index (χ1) is 10.4. The molecule has 0 heterocycles. The van der Waals surface area contributed by atoms with Crippen LogP contribution in [0.15, 0.2) is 60.7 Å². The second-order valence-corrected chi connectivity index (χ2v) is 6.68. The summed E-state index contributed by atoms with van der Waals surface area (Å²) in [5, 5.41) is -2.01. The summed E-state index contributed by atoms with van der Waals surface area (Å²) in [6, 6.07) is 16.2. The summed E-state index contributed by atoms with van der Waals surface area (Å²) in [5.74, 6) is -0.713. The summed E-state index contributed by atoms with van der Waals surface area (Å²) in [5.41, 5.74) is 0.242. The van der Waals surface area contributed by atoms with Gasteiger partial charge in [-0.05, 0) is 24.1 Å². The van der Waals surface area contributed by atoms with Crippen LogP contribution in [0.4, 0.5) is 0 Å². The van der Waals surface area contributed by atoms with E-state index in [1.807, 2.05) is 0 Å². The normalized spacial score (nSPS) is 14.1. The zero-order valence-corrected chi connectivity index (χ0v) is 12.9. The summed E-state index contributed by atoms with van der Waals surface area (Å²) in [6.45, 7) is 1.55. The van der Waals surface area contributed by atoms with Gasteiger partial charge in [0.15, 0.2) is 5.16 Å². The number of para-hydroxylation sites is 1. The van der Waals surface area contributed by atoms with Gasteiger partial charge in [0, 0.05) is 0 Å². The molecule has 0 spiro atoms. The molecule has 0 bridgehead atoms. The zero-order valence-electron chi connectivity index (χ0n) is 12.0. The molecule has 2 N–H and O–H groups in total. The van der Waals surface area contributed by atoms with Crippen molar-refractivity contribution in [2.24, 2.45) is 0 Å². The summed E-state index contributed by atoms with van der Waals surface area (Å²) in [4.78, 5) is 32.3. The predicted octanol–water partition coefficient (Wildman–Crippen LogP) is 3.08. The minimum absolute atomic E-state index is 0.0764. The molecule has 0 aliphatic rings. The van der Waals surface area contributed by atoms with Crippen LogP contribution < -0.4 is 4.74 Å². The van der Waals surface area contributed by atoms with E-state index in [1.165, 1.54) is 12.1 Å². The molecule has 22 heavy (non-hydrogen) atoms. The topological polar surface area (TPSA) is 83.8 Å². The second kappa shape index (κ2) is 6.44. The Kier molecular flexibility index (Phi) is 4.81. The average molecular weight is 320 g/mol. The lowest BCUT2D eigenvalue weighted by atomic mass is 9.95. The Morgan fingerprint density at radius 3 is 2.00 bits per heavy atom. The monoisotopic (exact) mass is 320 g/mol. The number of carbonyl (C=O) groups is 1. The smallest absolute Gasteiger partial charge is 0.347 e. The molecule has 2 rings (SSSR count). The molecule has 2 aromatic carbocycles. The number of esters is 1. The molecule has 0 aliphatic carbocycles. The SMILES string of the molecule is CCC(C(=O)Oc1ccccc1)(c1ccccc1)P(=O)(O)O. The van der Waals surface area contributed by atoms with Crippen molar-refractivity contribution in [1.82, 2.24) is 0 Å². The first kappa shape index (κ1) is 16.4. The van der Waals surface area contributed by atoms with Gasteiger partial charge in [-0.15, -0.1) is 0 Å². The molecular formula is C16H17O5P. The second-order valence-electron chi connectivity index (χ2n) is 4.83. The van der Waals surface area contributed by atoms with E-state index in [4.69, 9.17) is 4.74 Å². The molecular weight excluding hydrogens is 303 g/mol. The predicted molar refractivity (Wildman–Crippen MR) is 82.5 cm³/mol. The van der Waals surface area contributed by atoms with Gasteiger partial charge >= 0.3 is 13.6 Å². The molecule has 6 heteroatoms. The lowest BCUT2D eigenvalue weighted by Gasteiger charge is -2.31. The molecule has 0 amide bonds. The van der Waals surface area contributed by atoms with Crippen LogP contribution in [-0.2, 0) is 14.5 Å². The third-order valence-electron chi connectivity index (χ3n) is 3.55. The van der Waals surface area contributed by atoms with Crippen LogP contribution in [0.2, 0.25) is 0 Å². The molecule has 0 saturated heterocycles. The van der Waals surface area contributed by atoms with Gasteiger partial charge in [0.05, 0.1) is 0 Å². The average Bonchev–Trinajstić information content (AvgIpc) is 2.49. The van der Waals surface area contributed by atoms with Crippen molar-refractivity contribution < 1.29 is 23.9 Å². The van der Waals surface area contributed by atoms with Gasteiger partial charge < -0.3 is 14.5 Å². The molecule has 1 unspecified atom stereocenters. The van der Waals surface area contributed by atoms with Crippen molar-refractivity contribution in [3.8, 4) is 5.75 Å². The fraction of sp³-hybridized carbons (Fsp3) is 0.188. The molecule has 0 saturated carbocycles. The van der Waals surface area contributed by atoms with E-state index >= 15 is 0 Å². The highest BCUT2D eigenvalue weighted by Crippen LogP contribution is 2.59. The zero-order chi connectivity index (χ0) is 16.2. The van der Waals surface area contributed by atoms with E-state index in [9.17, 15) is 19.1 Å². The Bertz CT molecular complexity index is 680. The van der Waals surface area contributed by atoms with E-state index in [0.717, 1.165) is 0 Å². The number of hydrogen-bond acceptors (Lipinski definition) is 3. The molecule has 5 nitrogen and oxygen atoms in total. The van der Waals surface area contributed by atoms with Crippen LogP contribution in [0.1, 0.15) is 18.9 Å². The Morgan fingerprint density at radius 2 is 1.55 bits per heavy atom. The van der Waals surface area contributed by atoms with Crippen molar-refractivity contribution in [3.63, 3.8) is 0 Å². The first-order valence-electron chi connectivity index (χ1n) is 6.80. The Labute approximate surface area is 128 Å². The molecule has 0 fully saturated rings. The van der Waals surface area contributed by atoms with Gasteiger partial charge in [-0.25, -0.2) is 4.79 Å². The highest BCUT2D eigenvalue weighted by molar-refractivity contribution is 7.54. The highest BCUT2D eigenvalue weighted by Gasteiger charge is 2.55. The van der Waals surface area contributed by atoms with E-state index in [2.05, 4.69) is 0 Å². The number of hydrogen-bond donors (Lipinski definition) is 2. The number of ether oxygens (including phenoxy) is 1. The van der Waals surface area contributed by atoms with Gasteiger partial charge in [-0.1, -0.05) is 55.5 Å². The van der Waals surface area contributed by atoms with Crippen LogP contribution in [0, 0.1) is 0 Å². The van der Waals surface area contributed by atoms with Crippen LogP contribution >= 0.6 is 7.60 Å². The molecule has 0 radical (unpaired) electrons. The van der Waals surface area contributed by atoms with E-state index < -0.39 is 18.7 Å². The first-order valence-corrected chi connectivity index (χ1v) is 8.41. The van der Waals surface area contributed by atoms with Crippen molar-refractivity contribution in [1.29, 1.82) is 0 Å². The van der Waals surface area contributed by atoms with Crippen molar-refractivity contribution in [2.75, 3.05) is 0 Å². The van der Waals surface area contributed by atoms with E-state index in [-0.39, 0.29) is 17.7 Å². The molecule has 0 aliphatic heterocycles. The van der Waals surface area contributed by atoms with Gasteiger partial charge in [0.2, 0.25) is 0 Å². The maximum atomic E-state index is 12.6. The van der Waals surface area contributed by atoms with Gasteiger partial charge in [-0.3, -0.25) is 4.57 Å². The molecule has 2 aromatic rings. The summed E-state index contributed by atoms with van der Waals surface area (Å²) in [7, 11) is -4.80. The van der Waals surface area contributed by atoms with E-state index in [0.29, 0.717) is 0 Å². The van der Waals surface area contributed by atoms with Crippen molar-refractivity contribution in [2.45, 2.75) is 18.5 Å². The van der Waals surface area contributed by atoms with Crippen LogP contribution in [0.3, 0.4) is 0 Å². The molecule has 0 aromatic heterocycles. The summed E-state index contributed by atoms with van der Waals surface area (Å²) < 4.78 is 17.3. The number of rotatable bonds is 5. The lowest BCUT2D eigenvalue weighted by Crippen LogP contribution is -2.38. The van der Waals surface area contributed by atoms with E-state index in [1.54, 1.807) is 55.5 Å². The number of carbonyl (C=O) groups excluding carboxylic acids is 1. The molecule has 116 valence electrons. The quantitative estimate of drug-likeness (QED) is 0.502. The fourth-order valence-electron chi connectivity index (χ4n) is 2.35. The van der Waals surface area contributed by atoms with Crippen LogP contribution in [-0.4, -0.2) is 15.8 Å². The standard InChI is InChI=1S/C16H17O5P/c1-2-16(22(18,19)20,13-9-5-3-6-10-13)15(17)21-14-11-7-4-8-12-14/h3-12H,2H2,1H3,(H2,18,19,20). The minimum atomic E-state index is -4.80. The fourth-order valence-corrected chi connectivity index (χ4v) is 3.53.